The monoisotopic (exact) mass is 483 g/mol. The molecule has 1 aliphatic rings. The fraction of sp³-hybridized carbons (Fsp3) is 0.360. The molecular weight excluding hydrogens is 454 g/mol. The molecule has 2 aromatic rings. The van der Waals surface area contributed by atoms with Crippen LogP contribution >= 0.6 is 0 Å². The molecule has 2 aromatic carbocycles. The van der Waals surface area contributed by atoms with Gasteiger partial charge in [0.1, 0.15) is 0 Å². The maximum atomic E-state index is 12.7. The highest BCUT2D eigenvalue weighted by Crippen LogP contribution is 2.39. The fourth-order valence-electron chi connectivity index (χ4n) is 3.60. The van der Waals surface area contributed by atoms with Gasteiger partial charge in [0, 0.05) is 18.5 Å². The van der Waals surface area contributed by atoms with Gasteiger partial charge in [0.15, 0.2) is 11.5 Å². The van der Waals surface area contributed by atoms with E-state index in [1.165, 1.54) is 12.1 Å². The van der Waals surface area contributed by atoms with Gasteiger partial charge in [0.05, 0.1) is 30.9 Å². The first-order valence-corrected chi connectivity index (χ1v) is 11.4. The van der Waals surface area contributed by atoms with Crippen LogP contribution in [0.5, 0.6) is 17.2 Å². The molecule has 0 aromatic heterocycles. The molecule has 10 heteroatoms. The number of hydrazine groups is 1. The van der Waals surface area contributed by atoms with Crippen molar-refractivity contribution in [3.63, 3.8) is 0 Å². The summed E-state index contributed by atoms with van der Waals surface area (Å²) < 4.78 is 16.8. The van der Waals surface area contributed by atoms with E-state index in [0.29, 0.717) is 48.2 Å². The van der Waals surface area contributed by atoms with Gasteiger partial charge in [-0.1, -0.05) is 11.6 Å². The van der Waals surface area contributed by atoms with Crippen molar-refractivity contribution in [3.8, 4) is 17.2 Å². The molecule has 0 radical (unpaired) electrons. The molecule has 3 rings (SSSR count). The second-order valence-corrected chi connectivity index (χ2v) is 7.66. The van der Waals surface area contributed by atoms with Crippen LogP contribution in [0.2, 0.25) is 0 Å². The quantitative estimate of drug-likeness (QED) is 0.393. The normalized spacial score (nSPS) is 12.3. The Morgan fingerprint density at radius 3 is 2.03 bits per heavy atom. The first kappa shape index (κ1) is 25.5. The van der Waals surface area contributed by atoms with Gasteiger partial charge in [0.2, 0.25) is 11.7 Å². The van der Waals surface area contributed by atoms with Gasteiger partial charge in [-0.25, -0.2) is 0 Å². The van der Waals surface area contributed by atoms with Crippen LogP contribution in [0.15, 0.2) is 30.3 Å². The summed E-state index contributed by atoms with van der Waals surface area (Å²) in [5.41, 5.74) is 6.34. The van der Waals surface area contributed by atoms with Crippen LogP contribution in [0, 0.1) is 6.92 Å². The number of rotatable bonds is 10. The molecule has 186 valence electrons. The number of nitrogens with one attached hydrogen (secondary N) is 2. The maximum Gasteiger partial charge on any atom is 0.269 e. The minimum atomic E-state index is -0.598. The smallest absolute Gasteiger partial charge is 0.269 e. The number of carbonyl (C=O) groups excluding carboxylic acids is 4. The Morgan fingerprint density at radius 1 is 0.829 bits per heavy atom. The SMILES string of the molecule is CCOc1cc(C(=O)NNC(=O)CCN2C(=O)c3ccc(C)cc3C2=O)cc(OCC)c1OCC. The minimum absolute atomic E-state index is 0.112. The van der Waals surface area contributed by atoms with E-state index in [1.807, 2.05) is 13.8 Å². The lowest BCUT2D eigenvalue weighted by Crippen LogP contribution is -2.43. The Bertz CT molecular complexity index is 1120. The standard InChI is InChI=1S/C25H29N3O7/c1-5-33-19-13-16(14-20(34-6-2)22(19)35-7-3)23(30)27-26-21(29)10-11-28-24(31)17-9-8-15(4)12-18(17)25(28)32/h8-9,12-14H,5-7,10-11H2,1-4H3,(H,26,29)(H,27,30). The minimum Gasteiger partial charge on any atom is -0.490 e. The zero-order valence-corrected chi connectivity index (χ0v) is 20.2. The predicted octanol–water partition coefficient (Wildman–Crippen LogP) is 2.64. The van der Waals surface area contributed by atoms with Crippen LogP contribution in [0.1, 0.15) is 63.8 Å². The first-order valence-electron chi connectivity index (χ1n) is 11.4. The second-order valence-electron chi connectivity index (χ2n) is 7.66. The molecule has 0 saturated carbocycles. The molecular formula is C25H29N3O7. The maximum absolute atomic E-state index is 12.7. The van der Waals surface area contributed by atoms with E-state index >= 15 is 0 Å². The number of aryl methyl sites for hydroxylation is 1. The van der Waals surface area contributed by atoms with Crippen LogP contribution in [-0.4, -0.2) is 54.9 Å². The van der Waals surface area contributed by atoms with Crippen molar-refractivity contribution in [2.45, 2.75) is 34.1 Å². The number of imide groups is 1. The van der Waals surface area contributed by atoms with Crippen molar-refractivity contribution in [1.82, 2.24) is 15.8 Å². The third-order valence-electron chi connectivity index (χ3n) is 5.18. The molecule has 0 fully saturated rings. The number of nitrogens with zero attached hydrogens (tertiary/aromatic N) is 1. The van der Waals surface area contributed by atoms with Crippen LogP contribution < -0.4 is 25.1 Å². The first-order chi connectivity index (χ1) is 16.8. The van der Waals surface area contributed by atoms with Gasteiger partial charge in [-0.05, 0) is 52.0 Å². The van der Waals surface area contributed by atoms with E-state index in [4.69, 9.17) is 14.2 Å². The van der Waals surface area contributed by atoms with Crippen molar-refractivity contribution >= 4 is 23.6 Å². The van der Waals surface area contributed by atoms with E-state index in [9.17, 15) is 19.2 Å². The third-order valence-corrected chi connectivity index (χ3v) is 5.18. The molecule has 0 bridgehead atoms. The highest BCUT2D eigenvalue weighted by atomic mass is 16.5. The Hall–Kier alpha value is -4.08. The molecule has 1 heterocycles. The molecule has 0 saturated heterocycles. The summed E-state index contributed by atoms with van der Waals surface area (Å²) in [7, 11) is 0. The Balaban J connectivity index is 1.62. The van der Waals surface area contributed by atoms with Crippen molar-refractivity contribution in [3.05, 3.63) is 52.6 Å². The van der Waals surface area contributed by atoms with Crippen molar-refractivity contribution in [1.29, 1.82) is 0 Å². The van der Waals surface area contributed by atoms with E-state index in [2.05, 4.69) is 10.9 Å². The average molecular weight is 484 g/mol. The molecule has 0 aliphatic carbocycles. The van der Waals surface area contributed by atoms with Gasteiger partial charge in [-0.3, -0.25) is 34.9 Å². The van der Waals surface area contributed by atoms with Crippen molar-refractivity contribution in [2.24, 2.45) is 0 Å². The summed E-state index contributed by atoms with van der Waals surface area (Å²) in [5, 5.41) is 0. The zero-order chi connectivity index (χ0) is 25.5. The summed E-state index contributed by atoms with van der Waals surface area (Å²) >= 11 is 0. The summed E-state index contributed by atoms with van der Waals surface area (Å²) in [6, 6.07) is 8.01. The molecule has 0 unspecified atom stereocenters. The lowest BCUT2D eigenvalue weighted by Gasteiger charge is -2.17. The molecule has 0 spiro atoms. The number of fused-ring (bicyclic) bond motifs is 1. The Kier molecular flexibility index (Phi) is 8.30. The van der Waals surface area contributed by atoms with E-state index < -0.39 is 23.6 Å². The highest BCUT2D eigenvalue weighted by molar-refractivity contribution is 6.21. The summed E-state index contributed by atoms with van der Waals surface area (Å²) in [6.07, 6.45) is -0.178. The van der Waals surface area contributed by atoms with Crippen LogP contribution in [-0.2, 0) is 4.79 Å². The van der Waals surface area contributed by atoms with E-state index in [1.54, 1.807) is 32.0 Å². The van der Waals surface area contributed by atoms with E-state index in [-0.39, 0.29) is 18.5 Å². The van der Waals surface area contributed by atoms with Crippen LogP contribution in [0.4, 0.5) is 0 Å². The number of hydrogen-bond acceptors (Lipinski definition) is 7. The second kappa shape index (κ2) is 11.4. The third kappa shape index (κ3) is 5.71. The van der Waals surface area contributed by atoms with Gasteiger partial charge in [-0.2, -0.15) is 0 Å². The molecule has 35 heavy (non-hydrogen) atoms. The Labute approximate surface area is 203 Å². The topological polar surface area (TPSA) is 123 Å². The average Bonchev–Trinajstić information content (AvgIpc) is 3.07. The lowest BCUT2D eigenvalue weighted by atomic mass is 10.1. The van der Waals surface area contributed by atoms with Crippen molar-refractivity contribution < 1.29 is 33.4 Å². The zero-order valence-electron chi connectivity index (χ0n) is 20.2. The van der Waals surface area contributed by atoms with Gasteiger partial charge < -0.3 is 14.2 Å². The summed E-state index contributed by atoms with van der Waals surface area (Å²) in [5.74, 6) is -0.954. The largest absolute Gasteiger partial charge is 0.490 e. The van der Waals surface area contributed by atoms with Crippen molar-refractivity contribution in [2.75, 3.05) is 26.4 Å². The molecule has 1 aliphatic heterocycles. The molecule has 10 nitrogen and oxygen atoms in total. The van der Waals surface area contributed by atoms with Gasteiger partial charge >= 0.3 is 0 Å². The van der Waals surface area contributed by atoms with Crippen LogP contribution in [0.25, 0.3) is 0 Å². The van der Waals surface area contributed by atoms with Crippen LogP contribution in [0.3, 0.4) is 0 Å². The lowest BCUT2D eigenvalue weighted by molar-refractivity contribution is -0.121. The number of amides is 4. The molecule has 2 N–H and O–H groups in total. The Morgan fingerprint density at radius 2 is 1.43 bits per heavy atom. The number of benzene rings is 2. The highest BCUT2D eigenvalue weighted by Gasteiger charge is 2.35. The number of carbonyl (C=O) groups is 4. The van der Waals surface area contributed by atoms with Gasteiger partial charge in [0.25, 0.3) is 17.7 Å². The van der Waals surface area contributed by atoms with E-state index in [0.717, 1.165) is 10.5 Å². The predicted molar refractivity (Wildman–Crippen MR) is 127 cm³/mol. The number of hydrogen-bond donors (Lipinski definition) is 2. The fourth-order valence-corrected chi connectivity index (χ4v) is 3.60. The summed E-state index contributed by atoms with van der Waals surface area (Å²) in [6.45, 7) is 8.24. The summed E-state index contributed by atoms with van der Waals surface area (Å²) in [4.78, 5) is 51.1. The molecule has 4 amide bonds. The number of ether oxygens (including phenoxy) is 3. The van der Waals surface area contributed by atoms with Gasteiger partial charge in [-0.15, -0.1) is 0 Å². The molecule has 0 atom stereocenters.